The van der Waals surface area contributed by atoms with Crippen molar-refractivity contribution in [2.45, 2.75) is 13.0 Å². The topological polar surface area (TPSA) is 58.6 Å². The fraction of sp³-hybridized carbons (Fsp3) is 0.167. The lowest BCUT2D eigenvalue weighted by atomic mass is 9.95. The Balaban J connectivity index is 1.88. The van der Waals surface area contributed by atoms with Crippen molar-refractivity contribution in [1.82, 2.24) is 4.90 Å². The minimum absolute atomic E-state index is 0.171. The Kier molecular flexibility index (Phi) is 5.48. The van der Waals surface area contributed by atoms with Crippen molar-refractivity contribution in [1.29, 1.82) is 0 Å². The molecule has 0 saturated heterocycles. The number of halogens is 1. The summed E-state index contributed by atoms with van der Waals surface area (Å²) in [5, 5.41) is 2.79. The van der Waals surface area contributed by atoms with Gasteiger partial charge in [0.05, 0.1) is 18.2 Å². The van der Waals surface area contributed by atoms with Crippen LogP contribution in [0.25, 0.3) is 0 Å². The molecule has 30 heavy (non-hydrogen) atoms. The number of ether oxygens (including phenoxy) is 1. The molecule has 4 rings (SSSR count). The van der Waals surface area contributed by atoms with Gasteiger partial charge < -0.3 is 15.0 Å². The van der Waals surface area contributed by atoms with Gasteiger partial charge in [0.25, 0.3) is 5.91 Å². The largest absolute Gasteiger partial charge is 0.493 e. The second-order valence-electron chi connectivity index (χ2n) is 6.96. The Morgan fingerprint density at radius 3 is 2.60 bits per heavy atom. The summed E-state index contributed by atoms with van der Waals surface area (Å²) in [4.78, 5) is 27.7. The van der Waals surface area contributed by atoms with Crippen molar-refractivity contribution in [3.63, 3.8) is 0 Å². The number of carbonyl (C=O) groups excluding carboxylic acids is 2. The molecule has 6 heteroatoms. The number of para-hydroxylation sites is 1. The van der Waals surface area contributed by atoms with Crippen LogP contribution in [-0.4, -0.2) is 29.9 Å². The molecule has 3 aromatic rings. The van der Waals surface area contributed by atoms with E-state index in [1.54, 1.807) is 24.3 Å². The van der Waals surface area contributed by atoms with E-state index >= 15 is 0 Å². The summed E-state index contributed by atoms with van der Waals surface area (Å²) in [5.74, 6) is -0.697. The molecule has 1 atom stereocenters. The highest BCUT2D eigenvalue weighted by Gasteiger charge is 2.35. The van der Waals surface area contributed by atoms with Crippen LogP contribution in [0.5, 0.6) is 5.75 Å². The van der Waals surface area contributed by atoms with Crippen molar-refractivity contribution in [3.8, 4) is 5.75 Å². The number of rotatable bonds is 4. The summed E-state index contributed by atoms with van der Waals surface area (Å²) in [7, 11) is 0. The van der Waals surface area contributed by atoms with E-state index in [1.165, 1.54) is 23.1 Å². The molecule has 0 aromatic heterocycles. The molecule has 152 valence electrons. The number of amides is 2. The summed E-state index contributed by atoms with van der Waals surface area (Å²) < 4.78 is 19.8. The minimum atomic E-state index is -0.641. The molecule has 1 N–H and O–H groups in total. The first-order valence-electron chi connectivity index (χ1n) is 9.75. The molecule has 0 radical (unpaired) electrons. The Labute approximate surface area is 174 Å². The quantitative estimate of drug-likeness (QED) is 0.701. The van der Waals surface area contributed by atoms with E-state index in [2.05, 4.69) is 5.32 Å². The summed E-state index contributed by atoms with van der Waals surface area (Å²) in [6.07, 6.45) is 0. The van der Waals surface area contributed by atoms with Crippen LogP contribution >= 0.6 is 0 Å². The highest BCUT2D eigenvalue weighted by molar-refractivity contribution is 6.02. The van der Waals surface area contributed by atoms with Gasteiger partial charge >= 0.3 is 0 Å². The van der Waals surface area contributed by atoms with Crippen LogP contribution in [0.4, 0.5) is 10.1 Å². The zero-order valence-electron chi connectivity index (χ0n) is 16.5. The third kappa shape index (κ3) is 3.76. The van der Waals surface area contributed by atoms with E-state index in [0.717, 1.165) is 5.56 Å². The van der Waals surface area contributed by atoms with Gasteiger partial charge in [-0.15, -0.1) is 0 Å². The van der Waals surface area contributed by atoms with Gasteiger partial charge in [-0.1, -0.05) is 42.5 Å². The second-order valence-corrected chi connectivity index (χ2v) is 6.96. The van der Waals surface area contributed by atoms with E-state index < -0.39 is 11.9 Å². The summed E-state index contributed by atoms with van der Waals surface area (Å²) in [6, 6.07) is 19.8. The average molecular weight is 404 g/mol. The third-order valence-corrected chi connectivity index (χ3v) is 5.00. The van der Waals surface area contributed by atoms with Gasteiger partial charge in [-0.25, -0.2) is 4.39 Å². The Hall–Kier alpha value is -3.67. The van der Waals surface area contributed by atoms with E-state index in [9.17, 15) is 14.0 Å². The normalized spacial score (nSPS) is 15.7. The molecule has 0 spiro atoms. The molecular formula is C24H21FN2O3. The maximum atomic E-state index is 14.2. The number of nitrogens with one attached hydrogen (secondary N) is 1. The Morgan fingerprint density at radius 2 is 1.83 bits per heavy atom. The molecule has 0 fully saturated rings. The molecule has 5 nitrogen and oxygen atoms in total. The molecule has 1 unspecified atom stereocenters. The molecular weight excluding hydrogens is 383 g/mol. The van der Waals surface area contributed by atoms with Gasteiger partial charge in [0.2, 0.25) is 5.91 Å². The van der Waals surface area contributed by atoms with Crippen molar-refractivity contribution in [3.05, 3.63) is 95.3 Å². The van der Waals surface area contributed by atoms with Gasteiger partial charge in [-0.05, 0) is 42.8 Å². The lowest BCUT2D eigenvalue weighted by molar-refractivity contribution is -0.117. The Morgan fingerprint density at radius 1 is 1.10 bits per heavy atom. The van der Waals surface area contributed by atoms with E-state index in [4.69, 9.17) is 4.74 Å². The first kappa shape index (κ1) is 19.6. The molecule has 1 heterocycles. The maximum Gasteiger partial charge on any atom is 0.258 e. The number of anilines is 1. The fourth-order valence-electron chi connectivity index (χ4n) is 3.74. The highest BCUT2D eigenvalue weighted by Crippen LogP contribution is 2.37. The number of nitrogens with zero attached hydrogens (tertiary/aromatic N) is 1. The second kappa shape index (κ2) is 8.37. The van der Waals surface area contributed by atoms with Gasteiger partial charge in [-0.3, -0.25) is 9.59 Å². The van der Waals surface area contributed by atoms with Crippen LogP contribution in [0.3, 0.4) is 0 Å². The number of hydrogen-bond acceptors (Lipinski definition) is 3. The van der Waals surface area contributed by atoms with Crippen LogP contribution in [0.1, 0.15) is 34.5 Å². The molecule has 1 aliphatic heterocycles. The number of hydrogen-bond donors (Lipinski definition) is 1. The molecule has 0 bridgehead atoms. The van der Waals surface area contributed by atoms with Gasteiger partial charge in [0.15, 0.2) is 0 Å². The lowest BCUT2D eigenvalue weighted by Gasteiger charge is -2.31. The summed E-state index contributed by atoms with van der Waals surface area (Å²) >= 11 is 0. The van der Waals surface area contributed by atoms with E-state index in [1.807, 2.05) is 37.3 Å². The van der Waals surface area contributed by atoms with Crippen molar-refractivity contribution < 1.29 is 18.7 Å². The molecule has 0 aliphatic carbocycles. The van der Waals surface area contributed by atoms with Gasteiger partial charge in [-0.2, -0.15) is 0 Å². The minimum Gasteiger partial charge on any atom is -0.493 e. The van der Waals surface area contributed by atoms with Crippen molar-refractivity contribution in [2.24, 2.45) is 0 Å². The van der Waals surface area contributed by atoms with Crippen LogP contribution < -0.4 is 10.1 Å². The van der Waals surface area contributed by atoms with Crippen LogP contribution in [0.2, 0.25) is 0 Å². The average Bonchev–Trinajstić information content (AvgIpc) is 2.90. The van der Waals surface area contributed by atoms with Crippen molar-refractivity contribution >= 4 is 17.5 Å². The van der Waals surface area contributed by atoms with Crippen LogP contribution in [-0.2, 0) is 4.79 Å². The van der Waals surface area contributed by atoms with E-state index in [-0.39, 0.29) is 18.4 Å². The molecule has 3 aromatic carbocycles. The van der Waals surface area contributed by atoms with E-state index in [0.29, 0.717) is 29.2 Å². The monoisotopic (exact) mass is 404 g/mol. The third-order valence-electron chi connectivity index (χ3n) is 5.00. The Bertz CT molecular complexity index is 1080. The standard InChI is InChI=1S/C24H21FN2O3/c1-2-30-21-11-7-6-10-18(21)24(29)27-15-22(28)26-20-13-12-17(25)14-19(20)23(27)16-8-4-3-5-9-16/h3-14,23H,2,15H2,1H3,(H,26,28). The maximum absolute atomic E-state index is 14.2. The first-order valence-corrected chi connectivity index (χ1v) is 9.75. The van der Waals surface area contributed by atoms with Crippen LogP contribution in [0, 0.1) is 5.82 Å². The molecule has 0 saturated carbocycles. The zero-order chi connectivity index (χ0) is 21.1. The van der Waals surface area contributed by atoms with Gasteiger partial charge in [0, 0.05) is 11.3 Å². The lowest BCUT2D eigenvalue weighted by Crippen LogP contribution is -2.39. The molecule has 1 aliphatic rings. The highest BCUT2D eigenvalue weighted by atomic mass is 19.1. The fourth-order valence-corrected chi connectivity index (χ4v) is 3.74. The predicted octanol–water partition coefficient (Wildman–Crippen LogP) is 4.41. The zero-order valence-corrected chi connectivity index (χ0v) is 16.5. The van der Waals surface area contributed by atoms with Gasteiger partial charge in [0.1, 0.15) is 18.1 Å². The number of benzene rings is 3. The summed E-state index contributed by atoms with van der Waals surface area (Å²) in [5.41, 5.74) is 2.15. The van der Waals surface area contributed by atoms with Crippen molar-refractivity contribution in [2.75, 3.05) is 18.5 Å². The smallest absolute Gasteiger partial charge is 0.258 e. The van der Waals surface area contributed by atoms with Crippen LogP contribution in [0.15, 0.2) is 72.8 Å². The SMILES string of the molecule is CCOc1ccccc1C(=O)N1CC(=O)Nc2ccc(F)cc2C1c1ccccc1. The predicted molar refractivity (Wildman–Crippen MR) is 112 cm³/mol. The number of carbonyl (C=O) groups is 2. The first-order chi connectivity index (χ1) is 14.6. The summed E-state index contributed by atoms with van der Waals surface area (Å²) in [6.45, 7) is 2.07. The molecule has 2 amide bonds. The number of fused-ring (bicyclic) bond motifs is 1.